The van der Waals surface area contributed by atoms with Gasteiger partial charge in [-0.05, 0) is 43.1 Å². The molecule has 0 bridgehead atoms. The molecule has 1 aromatic rings. The van der Waals surface area contributed by atoms with E-state index in [-0.39, 0.29) is 11.9 Å². The summed E-state index contributed by atoms with van der Waals surface area (Å²) in [5.74, 6) is 1.45. The van der Waals surface area contributed by atoms with Crippen molar-refractivity contribution in [1.29, 1.82) is 0 Å². The number of aliphatic hydroxyl groups excluding tert-OH is 1. The smallest absolute Gasteiger partial charge is 0.253 e. The number of benzene rings is 1. The van der Waals surface area contributed by atoms with Crippen molar-refractivity contribution < 1.29 is 9.90 Å². The van der Waals surface area contributed by atoms with Gasteiger partial charge in [0.15, 0.2) is 6.10 Å². The molecule has 0 aliphatic heterocycles. The Morgan fingerprint density at radius 2 is 1.85 bits per heavy atom. The minimum absolute atomic E-state index is 0.250. The van der Waals surface area contributed by atoms with Gasteiger partial charge in [-0.3, -0.25) is 4.79 Å². The molecule has 0 spiro atoms. The summed E-state index contributed by atoms with van der Waals surface area (Å²) < 4.78 is 0. The molecule has 3 unspecified atom stereocenters. The van der Waals surface area contributed by atoms with E-state index in [0.717, 1.165) is 24.7 Å². The fourth-order valence-electron chi connectivity index (χ4n) is 3.42. The SMILES string of the molecule is O=C(NC1CCCC(C2CC2)C1)C(O)c1ccccc1. The van der Waals surface area contributed by atoms with Gasteiger partial charge < -0.3 is 10.4 Å². The zero-order valence-corrected chi connectivity index (χ0v) is 11.8. The number of carbonyl (C=O) groups is 1. The zero-order valence-electron chi connectivity index (χ0n) is 11.8. The van der Waals surface area contributed by atoms with Gasteiger partial charge in [-0.2, -0.15) is 0 Å². The summed E-state index contributed by atoms with van der Waals surface area (Å²) in [7, 11) is 0. The third kappa shape index (κ3) is 3.21. The Kier molecular flexibility index (Phi) is 4.06. The lowest BCUT2D eigenvalue weighted by molar-refractivity contribution is -0.130. The molecule has 2 aliphatic carbocycles. The second kappa shape index (κ2) is 5.96. The van der Waals surface area contributed by atoms with Crippen molar-refractivity contribution in [3.63, 3.8) is 0 Å². The molecule has 0 aromatic heterocycles. The third-order valence-corrected chi connectivity index (χ3v) is 4.71. The van der Waals surface area contributed by atoms with Crippen molar-refractivity contribution in [2.45, 2.75) is 50.7 Å². The molecule has 1 amide bonds. The first-order valence-electron chi connectivity index (χ1n) is 7.77. The average Bonchev–Trinajstić information content (AvgIpc) is 3.32. The Hall–Kier alpha value is -1.35. The summed E-state index contributed by atoms with van der Waals surface area (Å²) in [6, 6.07) is 9.40. The molecular weight excluding hydrogens is 250 g/mol. The average molecular weight is 273 g/mol. The van der Waals surface area contributed by atoms with E-state index in [1.54, 1.807) is 12.1 Å². The van der Waals surface area contributed by atoms with Crippen molar-refractivity contribution in [3.05, 3.63) is 35.9 Å². The van der Waals surface area contributed by atoms with Crippen LogP contribution in [0.1, 0.15) is 50.2 Å². The van der Waals surface area contributed by atoms with E-state index in [0.29, 0.717) is 5.56 Å². The molecule has 0 radical (unpaired) electrons. The molecular formula is C17H23NO2. The van der Waals surface area contributed by atoms with Crippen molar-refractivity contribution in [2.75, 3.05) is 0 Å². The lowest BCUT2D eigenvalue weighted by Crippen LogP contribution is -2.41. The summed E-state index contributed by atoms with van der Waals surface area (Å²) in [6.07, 6.45) is 6.37. The van der Waals surface area contributed by atoms with E-state index < -0.39 is 6.10 Å². The van der Waals surface area contributed by atoms with Crippen molar-refractivity contribution in [2.24, 2.45) is 11.8 Å². The van der Waals surface area contributed by atoms with Crippen LogP contribution < -0.4 is 5.32 Å². The summed E-state index contributed by atoms with van der Waals surface area (Å²) in [5, 5.41) is 13.1. The molecule has 0 heterocycles. The van der Waals surface area contributed by atoms with Crippen LogP contribution >= 0.6 is 0 Å². The number of rotatable bonds is 4. The third-order valence-electron chi connectivity index (χ3n) is 4.71. The van der Waals surface area contributed by atoms with Crippen LogP contribution in [0.5, 0.6) is 0 Å². The highest BCUT2D eigenvalue weighted by atomic mass is 16.3. The number of hydrogen-bond acceptors (Lipinski definition) is 2. The Bertz CT molecular complexity index is 455. The highest BCUT2D eigenvalue weighted by Crippen LogP contribution is 2.43. The number of nitrogens with one attached hydrogen (secondary N) is 1. The summed E-state index contributed by atoms with van der Waals surface area (Å²) in [5.41, 5.74) is 0.666. The number of aliphatic hydroxyl groups is 1. The van der Waals surface area contributed by atoms with Gasteiger partial charge in [0.25, 0.3) is 5.91 Å². The van der Waals surface area contributed by atoms with Crippen molar-refractivity contribution in [3.8, 4) is 0 Å². The van der Waals surface area contributed by atoms with Crippen LogP contribution in [0.15, 0.2) is 30.3 Å². The molecule has 2 N–H and O–H groups in total. The summed E-state index contributed by atoms with van der Waals surface area (Å²) in [6.45, 7) is 0. The van der Waals surface area contributed by atoms with Crippen LogP contribution in [0.25, 0.3) is 0 Å². The normalized spacial score (nSPS) is 27.9. The summed E-state index contributed by atoms with van der Waals surface area (Å²) in [4.78, 5) is 12.1. The molecule has 20 heavy (non-hydrogen) atoms. The summed E-state index contributed by atoms with van der Waals surface area (Å²) >= 11 is 0. The highest BCUT2D eigenvalue weighted by molar-refractivity contribution is 5.82. The Morgan fingerprint density at radius 3 is 2.55 bits per heavy atom. The van der Waals surface area contributed by atoms with Crippen LogP contribution in [0, 0.1) is 11.8 Å². The van der Waals surface area contributed by atoms with E-state index in [4.69, 9.17) is 0 Å². The van der Waals surface area contributed by atoms with E-state index in [2.05, 4.69) is 5.32 Å². The first kappa shape index (κ1) is 13.6. The van der Waals surface area contributed by atoms with Gasteiger partial charge in [0.2, 0.25) is 0 Å². The van der Waals surface area contributed by atoms with E-state index in [1.165, 1.54) is 25.7 Å². The number of amides is 1. The zero-order chi connectivity index (χ0) is 13.9. The van der Waals surface area contributed by atoms with Crippen LogP contribution in [0.2, 0.25) is 0 Å². The lowest BCUT2D eigenvalue weighted by atomic mass is 9.82. The van der Waals surface area contributed by atoms with E-state index >= 15 is 0 Å². The van der Waals surface area contributed by atoms with Crippen LogP contribution in [0.4, 0.5) is 0 Å². The predicted octanol–water partition coefficient (Wildman–Crippen LogP) is 2.81. The number of carbonyl (C=O) groups excluding carboxylic acids is 1. The maximum atomic E-state index is 12.1. The second-order valence-electron chi connectivity index (χ2n) is 6.28. The monoisotopic (exact) mass is 273 g/mol. The van der Waals surface area contributed by atoms with Gasteiger partial charge in [0.05, 0.1) is 0 Å². The molecule has 3 atom stereocenters. The van der Waals surface area contributed by atoms with Gasteiger partial charge >= 0.3 is 0 Å². The maximum absolute atomic E-state index is 12.1. The molecule has 3 nitrogen and oxygen atoms in total. The van der Waals surface area contributed by atoms with Crippen LogP contribution in [0.3, 0.4) is 0 Å². The molecule has 2 fully saturated rings. The van der Waals surface area contributed by atoms with Crippen LogP contribution in [-0.2, 0) is 4.79 Å². The van der Waals surface area contributed by atoms with Crippen LogP contribution in [-0.4, -0.2) is 17.1 Å². The van der Waals surface area contributed by atoms with Gasteiger partial charge in [0.1, 0.15) is 0 Å². The molecule has 2 aliphatic rings. The minimum Gasteiger partial charge on any atom is -0.378 e. The lowest BCUT2D eigenvalue weighted by Gasteiger charge is -2.30. The van der Waals surface area contributed by atoms with Gasteiger partial charge in [0, 0.05) is 6.04 Å². The molecule has 1 aromatic carbocycles. The molecule has 3 rings (SSSR count). The Labute approximate surface area is 120 Å². The van der Waals surface area contributed by atoms with Gasteiger partial charge in [-0.15, -0.1) is 0 Å². The first-order chi connectivity index (χ1) is 9.74. The predicted molar refractivity (Wildman–Crippen MR) is 78.0 cm³/mol. The van der Waals surface area contributed by atoms with E-state index in [1.807, 2.05) is 18.2 Å². The fourth-order valence-corrected chi connectivity index (χ4v) is 3.42. The standard InChI is InChI=1S/C17H23NO2/c19-16(13-5-2-1-3-6-13)17(20)18-15-8-4-7-14(11-15)12-9-10-12/h1-3,5-6,12,14-16,19H,4,7-11H2,(H,18,20). The maximum Gasteiger partial charge on any atom is 0.253 e. The second-order valence-corrected chi connectivity index (χ2v) is 6.28. The minimum atomic E-state index is -1.04. The van der Waals surface area contributed by atoms with Gasteiger partial charge in [-0.1, -0.05) is 43.2 Å². The highest BCUT2D eigenvalue weighted by Gasteiger charge is 2.35. The van der Waals surface area contributed by atoms with Crippen molar-refractivity contribution >= 4 is 5.91 Å². The molecule has 3 heteroatoms. The number of hydrogen-bond donors (Lipinski definition) is 2. The topological polar surface area (TPSA) is 49.3 Å². The quantitative estimate of drug-likeness (QED) is 0.886. The van der Waals surface area contributed by atoms with Crippen molar-refractivity contribution in [1.82, 2.24) is 5.32 Å². The van der Waals surface area contributed by atoms with Gasteiger partial charge in [-0.25, -0.2) is 0 Å². The molecule has 0 saturated heterocycles. The molecule has 108 valence electrons. The molecule has 2 saturated carbocycles. The Morgan fingerprint density at radius 1 is 1.10 bits per heavy atom. The largest absolute Gasteiger partial charge is 0.378 e. The van der Waals surface area contributed by atoms with E-state index in [9.17, 15) is 9.90 Å². The first-order valence-corrected chi connectivity index (χ1v) is 7.77. The Balaban J connectivity index is 1.55. The fraction of sp³-hybridized carbons (Fsp3) is 0.588.